The van der Waals surface area contributed by atoms with Gasteiger partial charge in [-0.25, -0.2) is 4.21 Å². The topological polar surface area (TPSA) is 26.3 Å². The van der Waals surface area contributed by atoms with Gasteiger partial charge < -0.3 is 0 Å². The maximum atomic E-state index is 11.5. The van der Waals surface area contributed by atoms with Gasteiger partial charge in [0.15, 0.2) is 11.1 Å². The van der Waals surface area contributed by atoms with Crippen LogP contribution in [0.2, 0.25) is 0 Å². The SMILES string of the molecule is CC(C)(C)S(=O)OCCc1ccccc1. The number of rotatable bonds is 4. The Balaban J connectivity index is 2.32. The highest BCUT2D eigenvalue weighted by atomic mass is 32.2. The molecule has 0 fully saturated rings. The number of hydrogen-bond acceptors (Lipinski definition) is 2. The second-order valence-corrected chi connectivity index (χ2v) is 6.33. The van der Waals surface area contributed by atoms with Gasteiger partial charge in [0.25, 0.3) is 0 Å². The Morgan fingerprint density at radius 2 is 1.80 bits per heavy atom. The molecular formula is C12H18O2S. The Morgan fingerprint density at radius 3 is 2.33 bits per heavy atom. The summed E-state index contributed by atoms with van der Waals surface area (Å²) in [5.41, 5.74) is 1.21. The van der Waals surface area contributed by atoms with E-state index >= 15 is 0 Å². The molecule has 1 rings (SSSR count). The van der Waals surface area contributed by atoms with E-state index in [9.17, 15) is 4.21 Å². The van der Waals surface area contributed by atoms with Gasteiger partial charge >= 0.3 is 0 Å². The lowest BCUT2D eigenvalue weighted by molar-refractivity contribution is 0.341. The summed E-state index contributed by atoms with van der Waals surface area (Å²) in [4.78, 5) is 0. The summed E-state index contributed by atoms with van der Waals surface area (Å²) < 4.78 is 16.5. The predicted octanol–water partition coefficient (Wildman–Crippen LogP) is 2.71. The van der Waals surface area contributed by atoms with Gasteiger partial charge in [0.2, 0.25) is 0 Å². The van der Waals surface area contributed by atoms with E-state index in [1.165, 1.54) is 5.56 Å². The summed E-state index contributed by atoms with van der Waals surface area (Å²) in [6.07, 6.45) is 0.808. The van der Waals surface area contributed by atoms with E-state index in [1.54, 1.807) is 0 Å². The molecule has 0 amide bonds. The van der Waals surface area contributed by atoms with E-state index < -0.39 is 11.1 Å². The molecule has 0 spiro atoms. The molecular weight excluding hydrogens is 208 g/mol. The fourth-order valence-electron chi connectivity index (χ4n) is 1.06. The van der Waals surface area contributed by atoms with Crippen molar-refractivity contribution < 1.29 is 8.39 Å². The lowest BCUT2D eigenvalue weighted by Crippen LogP contribution is -2.24. The van der Waals surface area contributed by atoms with Gasteiger partial charge in [0.1, 0.15) is 0 Å². The van der Waals surface area contributed by atoms with Gasteiger partial charge in [-0.2, -0.15) is 0 Å². The molecule has 0 bridgehead atoms. The maximum Gasteiger partial charge on any atom is 0.160 e. The minimum absolute atomic E-state index is 0.295. The van der Waals surface area contributed by atoms with E-state index in [0.29, 0.717) is 6.61 Å². The first-order valence-electron chi connectivity index (χ1n) is 5.09. The number of hydrogen-bond donors (Lipinski definition) is 0. The fraction of sp³-hybridized carbons (Fsp3) is 0.500. The minimum atomic E-state index is -1.21. The number of benzene rings is 1. The average Bonchev–Trinajstić information content (AvgIpc) is 2.18. The van der Waals surface area contributed by atoms with Crippen LogP contribution in [0, 0.1) is 0 Å². The first kappa shape index (κ1) is 12.4. The molecule has 0 aliphatic rings. The van der Waals surface area contributed by atoms with Gasteiger partial charge in [-0.3, -0.25) is 4.18 Å². The lowest BCUT2D eigenvalue weighted by Gasteiger charge is -2.16. The van der Waals surface area contributed by atoms with Gasteiger partial charge in [-0.1, -0.05) is 30.3 Å². The largest absolute Gasteiger partial charge is 0.290 e. The molecule has 1 aromatic rings. The van der Waals surface area contributed by atoms with Crippen molar-refractivity contribution in [3.05, 3.63) is 35.9 Å². The van der Waals surface area contributed by atoms with E-state index in [0.717, 1.165) is 6.42 Å². The summed E-state index contributed by atoms with van der Waals surface area (Å²) in [6, 6.07) is 10.1. The maximum absolute atomic E-state index is 11.5. The monoisotopic (exact) mass is 226 g/mol. The molecule has 1 aromatic carbocycles. The molecule has 0 radical (unpaired) electrons. The molecule has 0 aromatic heterocycles. The van der Waals surface area contributed by atoms with Crippen LogP contribution < -0.4 is 0 Å². The molecule has 3 heteroatoms. The fourth-order valence-corrected chi connectivity index (χ4v) is 1.64. The molecule has 0 saturated heterocycles. The van der Waals surface area contributed by atoms with Crippen molar-refractivity contribution in [2.24, 2.45) is 0 Å². The van der Waals surface area contributed by atoms with Crippen LogP contribution in [0.1, 0.15) is 26.3 Å². The normalized spacial score (nSPS) is 13.8. The van der Waals surface area contributed by atoms with Gasteiger partial charge in [0, 0.05) is 0 Å². The lowest BCUT2D eigenvalue weighted by atomic mass is 10.2. The van der Waals surface area contributed by atoms with Crippen LogP contribution in [-0.2, 0) is 21.7 Å². The Morgan fingerprint density at radius 1 is 1.20 bits per heavy atom. The van der Waals surface area contributed by atoms with Gasteiger partial charge in [0.05, 0.1) is 11.4 Å². The van der Waals surface area contributed by atoms with Gasteiger partial charge in [-0.05, 0) is 32.8 Å². The van der Waals surface area contributed by atoms with Crippen molar-refractivity contribution in [1.82, 2.24) is 0 Å². The van der Waals surface area contributed by atoms with Crippen molar-refractivity contribution in [2.75, 3.05) is 6.61 Å². The summed E-state index contributed by atoms with van der Waals surface area (Å²) in [5, 5.41) is 0. The molecule has 0 heterocycles. The van der Waals surface area contributed by atoms with E-state index in [4.69, 9.17) is 4.18 Å². The quantitative estimate of drug-likeness (QED) is 0.789. The summed E-state index contributed by atoms with van der Waals surface area (Å²) in [6.45, 7) is 6.23. The van der Waals surface area contributed by atoms with Crippen molar-refractivity contribution in [3.63, 3.8) is 0 Å². The smallest absolute Gasteiger partial charge is 0.160 e. The standard InChI is InChI=1S/C12H18O2S/c1-12(2,3)15(13)14-10-9-11-7-5-4-6-8-11/h4-8H,9-10H2,1-3H3. The zero-order valence-electron chi connectivity index (χ0n) is 9.53. The molecule has 0 N–H and O–H groups in total. The van der Waals surface area contributed by atoms with Crippen LogP contribution in [0.3, 0.4) is 0 Å². The highest BCUT2D eigenvalue weighted by Gasteiger charge is 2.20. The third-order valence-electron chi connectivity index (χ3n) is 1.92. The molecule has 84 valence electrons. The van der Waals surface area contributed by atoms with Crippen LogP contribution >= 0.6 is 0 Å². The molecule has 1 unspecified atom stereocenters. The van der Waals surface area contributed by atoms with Crippen LogP contribution in [0.4, 0.5) is 0 Å². The van der Waals surface area contributed by atoms with Crippen molar-refractivity contribution >= 4 is 11.1 Å². The second-order valence-electron chi connectivity index (χ2n) is 4.40. The van der Waals surface area contributed by atoms with Crippen molar-refractivity contribution in [3.8, 4) is 0 Å². The van der Waals surface area contributed by atoms with Crippen LogP contribution in [0.15, 0.2) is 30.3 Å². The average molecular weight is 226 g/mol. The highest BCUT2D eigenvalue weighted by Crippen LogP contribution is 2.12. The Bertz CT molecular complexity index is 314. The summed E-state index contributed by atoms with van der Waals surface area (Å²) in [5.74, 6) is 0. The zero-order chi connectivity index (χ0) is 11.3. The second kappa shape index (κ2) is 5.42. The molecule has 1 atom stereocenters. The summed E-state index contributed by atoms with van der Waals surface area (Å²) >= 11 is -1.21. The predicted molar refractivity (Wildman–Crippen MR) is 64.0 cm³/mol. The minimum Gasteiger partial charge on any atom is -0.290 e. The van der Waals surface area contributed by atoms with E-state index in [-0.39, 0.29) is 4.75 Å². The van der Waals surface area contributed by atoms with E-state index in [1.807, 2.05) is 51.1 Å². The molecule has 15 heavy (non-hydrogen) atoms. The molecule has 0 saturated carbocycles. The van der Waals surface area contributed by atoms with Gasteiger partial charge in [-0.15, -0.1) is 0 Å². The Kier molecular flexibility index (Phi) is 4.48. The van der Waals surface area contributed by atoms with Crippen LogP contribution in [0.5, 0.6) is 0 Å². The third kappa shape index (κ3) is 4.58. The van der Waals surface area contributed by atoms with E-state index in [2.05, 4.69) is 0 Å². The van der Waals surface area contributed by atoms with Crippen LogP contribution in [0.25, 0.3) is 0 Å². The third-order valence-corrected chi connectivity index (χ3v) is 3.30. The van der Waals surface area contributed by atoms with Crippen LogP contribution in [-0.4, -0.2) is 15.6 Å². The first-order chi connectivity index (χ1) is 7.00. The highest BCUT2D eigenvalue weighted by molar-refractivity contribution is 7.81. The first-order valence-corrected chi connectivity index (χ1v) is 6.17. The Hall–Kier alpha value is -0.670. The molecule has 0 aliphatic heterocycles. The molecule has 2 nitrogen and oxygen atoms in total. The Labute approximate surface area is 94.3 Å². The zero-order valence-corrected chi connectivity index (χ0v) is 10.3. The summed E-state index contributed by atoms with van der Waals surface area (Å²) in [7, 11) is 0. The van der Waals surface area contributed by atoms with Crippen molar-refractivity contribution in [2.45, 2.75) is 31.9 Å². The van der Waals surface area contributed by atoms with Crippen molar-refractivity contribution in [1.29, 1.82) is 0 Å². The molecule has 0 aliphatic carbocycles.